The average Bonchev–Trinajstić information content (AvgIpc) is 2.20. The van der Waals surface area contributed by atoms with Gasteiger partial charge >= 0.3 is 0 Å². The van der Waals surface area contributed by atoms with Crippen LogP contribution in [0.5, 0.6) is 0 Å². The van der Waals surface area contributed by atoms with Crippen molar-refractivity contribution in [1.82, 2.24) is 0 Å². The van der Waals surface area contributed by atoms with Crippen molar-refractivity contribution in [3.63, 3.8) is 0 Å². The summed E-state index contributed by atoms with van der Waals surface area (Å²) in [5, 5.41) is 8.51. The van der Waals surface area contributed by atoms with Crippen molar-refractivity contribution in [2.75, 3.05) is 6.61 Å². The Bertz CT molecular complexity index is 127. The van der Waals surface area contributed by atoms with E-state index in [1.54, 1.807) is 0 Å². The topological polar surface area (TPSA) is 20.2 Å². The minimum atomic E-state index is -1.04. The van der Waals surface area contributed by atoms with Crippen LogP contribution in [-0.2, 0) is 0 Å². The fourth-order valence-electron chi connectivity index (χ4n) is 1.14. The van der Waals surface area contributed by atoms with Crippen LogP contribution in [0, 0.1) is 18.3 Å². The van der Waals surface area contributed by atoms with Crippen LogP contribution in [0.2, 0.25) is 0 Å². The number of alkyl halides is 1. The highest BCUT2D eigenvalue weighted by Gasteiger charge is 2.23. The molecule has 0 amide bonds. The molecule has 0 spiro atoms. The fourth-order valence-corrected chi connectivity index (χ4v) is 1.14. The van der Waals surface area contributed by atoms with E-state index in [1.807, 2.05) is 0 Å². The lowest BCUT2D eigenvalue weighted by Crippen LogP contribution is -2.21. The van der Waals surface area contributed by atoms with Crippen molar-refractivity contribution in [3.8, 4) is 12.8 Å². The Morgan fingerprint density at radius 1 is 1.31 bits per heavy atom. The second-order valence-corrected chi connectivity index (χ2v) is 3.50. The summed E-state index contributed by atoms with van der Waals surface area (Å²) in [5.41, 5.74) is 0.0716. The summed E-state index contributed by atoms with van der Waals surface area (Å²) in [4.78, 5) is 0. The smallest absolute Gasteiger partial charge is 0.124 e. The number of aliphatic hydroxyl groups excluding tert-OH is 1. The molecule has 0 aromatic carbocycles. The highest BCUT2D eigenvalue weighted by molar-refractivity contribution is 4.74. The van der Waals surface area contributed by atoms with Crippen LogP contribution in [0.15, 0.2) is 0 Å². The van der Waals surface area contributed by atoms with Gasteiger partial charge in [0.1, 0.15) is 6.17 Å². The summed E-state index contributed by atoms with van der Waals surface area (Å²) in [7, 11) is 0. The molecule has 0 saturated heterocycles. The molecular weight excluding hydrogens is 167 g/mol. The van der Waals surface area contributed by atoms with Crippen LogP contribution in [0.25, 0.3) is 0 Å². The molecule has 0 aromatic rings. The van der Waals surface area contributed by atoms with Gasteiger partial charge in [-0.15, -0.1) is 12.8 Å². The van der Waals surface area contributed by atoms with E-state index in [0.717, 1.165) is 12.8 Å². The SMILES string of the molecule is C#C.CCC(C)(CC)CC(F)CO. The molecule has 1 unspecified atom stereocenters. The van der Waals surface area contributed by atoms with Crippen LogP contribution in [0.4, 0.5) is 4.39 Å². The Labute approximate surface area is 81.4 Å². The number of hydrogen-bond donors (Lipinski definition) is 1. The van der Waals surface area contributed by atoms with Gasteiger partial charge in [-0.1, -0.05) is 33.6 Å². The van der Waals surface area contributed by atoms with Gasteiger partial charge < -0.3 is 5.11 Å². The first kappa shape index (κ1) is 14.9. The van der Waals surface area contributed by atoms with E-state index in [0.29, 0.717) is 6.42 Å². The Kier molecular flexibility index (Phi) is 9.27. The molecule has 0 aliphatic heterocycles. The molecule has 1 atom stereocenters. The summed E-state index contributed by atoms with van der Waals surface area (Å²) < 4.78 is 12.8. The molecule has 0 fully saturated rings. The van der Waals surface area contributed by atoms with Crippen molar-refractivity contribution in [3.05, 3.63) is 0 Å². The van der Waals surface area contributed by atoms with E-state index in [1.165, 1.54) is 0 Å². The molecule has 0 radical (unpaired) electrons. The van der Waals surface area contributed by atoms with Crippen molar-refractivity contribution in [2.45, 2.75) is 46.2 Å². The number of terminal acetylenes is 1. The Balaban J connectivity index is 0. The molecule has 2 heteroatoms. The highest BCUT2D eigenvalue weighted by Crippen LogP contribution is 2.31. The zero-order chi connectivity index (χ0) is 10.9. The molecule has 0 rings (SSSR count). The molecule has 1 N–H and O–H groups in total. The number of aliphatic hydroxyl groups is 1. The van der Waals surface area contributed by atoms with Crippen molar-refractivity contribution in [2.24, 2.45) is 5.41 Å². The molecule has 1 nitrogen and oxygen atoms in total. The average molecular weight is 188 g/mol. The first-order valence-electron chi connectivity index (χ1n) is 4.66. The third-order valence-electron chi connectivity index (χ3n) is 2.62. The Morgan fingerprint density at radius 3 is 1.92 bits per heavy atom. The first-order valence-corrected chi connectivity index (χ1v) is 4.66. The van der Waals surface area contributed by atoms with Gasteiger partial charge in [0.05, 0.1) is 6.61 Å². The number of hydrogen-bond acceptors (Lipinski definition) is 1. The molecule has 0 aliphatic carbocycles. The van der Waals surface area contributed by atoms with E-state index in [4.69, 9.17) is 5.11 Å². The molecule has 0 saturated carbocycles. The highest BCUT2D eigenvalue weighted by atomic mass is 19.1. The van der Waals surface area contributed by atoms with Crippen LogP contribution >= 0.6 is 0 Å². The van der Waals surface area contributed by atoms with Crippen molar-refractivity contribution < 1.29 is 9.50 Å². The molecule has 0 aromatic heterocycles. The van der Waals surface area contributed by atoms with Gasteiger partial charge in [0, 0.05) is 0 Å². The van der Waals surface area contributed by atoms with E-state index in [-0.39, 0.29) is 12.0 Å². The van der Waals surface area contributed by atoms with E-state index < -0.39 is 6.17 Å². The summed E-state index contributed by atoms with van der Waals surface area (Å²) in [6.45, 7) is 5.85. The van der Waals surface area contributed by atoms with Gasteiger partial charge in [-0.05, 0) is 11.8 Å². The predicted octanol–water partition coefficient (Wildman–Crippen LogP) is 2.78. The summed E-state index contributed by atoms with van der Waals surface area (Å²) in [6.07, 6.45) is 9.39. The predicted molar refractivity (Wildman–Crippen MR) is 55.2 cm³/mol. The largest absolute Gasteiger partial charge is 0.393 e. The van der Waals surface area contributed by atoms with Gasteiger partial charge in [0.15, 0.2) is 0 Å². The van der Waals surface area contributed by atoms with Gasteiger partial charge in [0.2, 0.25) is 0 Å². The van der Waals surface area contributed by atoms with Crippen LogP contribution in [-0.4, -0.2) is 17.9 Å². The lowest BCUT2D eigenvalue weighted by Gasteiger charge is -2.27. The second kappa shape index (κ2) is 8.07. The lowest BCUT2D eigenvalue weighted by molar-refractivity contribution is 0.116. The quantitative estimate of drug-likeness (QED) is 0.658. The minimum Gasteiger partial charge on any atom is -0.393 e. The molecule has 13 heavy (non-hydrogen) atoms. The first-order chi connectivity index (χ1) is 6.08. The van der Waals surface area contributed by atoms with Gasteiger partial charge in [-0.3, -0.25) is 0 Å². The van der Waals surface area contributed by atoms with Gasteiger partial charge in [0.25, 0.3) is 0 Å². The van der Waals surface area contributed by atoms with Gasteiger partial charge in [-0.2, -0.15) is 0 Å². The third-order valence-corrected chi connectivity index (χ3v) is 2.62. The van der Waals surface area contributed by atoms with Crippen molar-refractivity contribution >= 4 is 0 Å². The maximum atomic E-state index is 12.8. The third kappa shape index (κ3) is 6.60. The maximum absolute atomic E-state index is 12.8. The van der Waals surface area contributed by atoms with Gasteiger partial charge in [-0.25, -0.2) is 4.39 Å². The molecule has 78 valence electrons. The molecular formula is C11H21FO. The van der Waals surface area contributed by atoms with E-state index in [9.17, 15) is 4.39 Å². The molecule has 0 aliphatic rings. The molecule has 0 bridgehead atoms. The van der Waals surface area contributed by atoms with Crippen LogP contribution < -0.4 is 0 Å². The normalized spacial score (nSPS) is 12.8. The summed E-state index contributed by atoms with van der Waals surface area (Å²) in [5.74, 6) is 0. The molecule has 0 heterocycles. The van der Waals surface area contributed by atoms with Crippen molar-refractivity contribution in [1.29, 1.82) is 0 Å². The van der Waals surface area contributed by atoms with E-state index >= 15 is 0 Å². The standard InChI is InChI=1S/C9H19FO.C2H2/c1-4-9(3,5-2)6-8(10)7-11;1-2/h8,11H,4-7H2,1-3H3;1-2H. The summed E-state index contributed by atoms with van der Waals surface area (Å²) >= 11 is 0. The zero-order valence-electron chi connectivity index (χ0n) is 8.89. The number of halogens is 1. The Morgan fingerprint density at radius 2 is 1.69 bits per heavy atom. The van der Waals surface area contributed by atoms with Crippen LogP contribution in [0.1, 0.15) is 40.0 Å². The second-order valence-electron chi connectivity index (χ2n) is 3.50. The lowest BCUT2D eigenvalue weighted by atomic mass is 9.80. The number of rotatable bonds is 5. The minimum absolute atomic E-state index is 0.0716. The fraction of sp³-hybridized carbons (Fsp3) is 0.818. The van der Waals surface area contributed by atoms with E-state index in [2.05, 4.69) is 33.6 Å². The zero-order valence-corrected chi connectivity index (χ0v) is 8.89. The van der Waals surface area contributed by atoms with Crippen LogP contribution in [0.3, 0.4) is 0 Å². The summed E-state index contributed by atoms with van der Waals surface area (Å²) in [6, 6.07) is 0. The Hall–Kier alpha value is -0.550. The monoisotopic (exact) mass is 188 g/mol. The maximum Gasteiger partial charge on any atom is 0.124 e.